The van der Waals surface area contributed by atoms with Crippen LogP contribution in [0, 0.1) is 0 Å². The van der Waals surface area contributed by atoms with Crippen LogP contribution in [0.5, 0.6) is 5.75 Å². The molecule has 0 fully saturated rings. The summed E-state index contributed by atoms with van der Waals surface area (Å²) in [4.78, 5) is 8.78. The lowest BCUT2D eigenvalue weighted by Crippen LogP contribution is -1.98. The van der Waals surface area contributed by atoms with Crippen molar-refractivity contribution in [3.05, 3.63) is 65.8 Å². The molecule has 0 saturated carbocycles. The molecular formula is C17H14ClN3O. The zero-order chi connectivity index (χ0) is 15.4. The third-order valence-electron chi connectivity index (χ3n) is 3.14. The molecular weight excluding hydrogens is 298 g/mol. The van der Waals surface area contributed by atoms with Gasteiger partial charge in [0.05, 0.1) is 12.8 Å². The van der Waals surface area contributed by atoms with Gasteiger partial charge in [-0.25, -0.2) is 9.97 Å². The number of nitrogens with zero attached hydrogens (tertiary/aromatic N) is 2. The van der Waals surface area contributed by atoms with Gasteiger partial charge >= 0.3 is 0 Å². The zero-order valence-corrected chi connectivity index (χ0v) is 12.7. The topological polar surface area (TPSA) is 47.0 Å². The normalized spacial score (nSPS) is 10.3. The third kappa shape index (κ3) is 3.18. The predicted molar refractivity (Wildman–Crippen MR) is 88.8 cm³/mol. The third-order valence-corrected chi connectivity index (χ3v) is 3.39. The summed E-state index contributed by atoms with van der Waals surface area (Å²) in [6.45, 7) is 0. The quantitative estimate of drug-likeness (QED) is 0.768. The Hall–Kier alpha value is -2.59. The molecule has 4 nitrogen and oxygen atoms in total. The van der Waals surface area contributed by atoms with Gasteiger partial charge in [0.15, 0.2) is 0 Å². The highest BCUT2D eigenvalue weighted by Crippen LogP contribution is 2.28. The minimum absolute atomic E-state index is 0.519. The largest absolute Gasteiger partial charge is 0.496 e. The van der Waals surface area contributed by atoms with E-state index in [0.29, 0.717) is 11.0 Å². The molecule has 1 aromatic heterocycles. The number of hydrogen-bond donors (Lipinski definition) is 1. The Balaban J connectivity index is 1.91. The maximum Gasteiger partial charge on any atom is 0.227 e. The molecule has 0 unspecified atom stereocenters. The van der Waals surface area contributed by atoms with E-state index in [4.69, 9.17) is 16.3 Å². The van der Waals surface area contributed by atoms with Crippen molar-refractivity contribution in [2.75, 3.05) is 12.4 Å². The van der Waals surface area contributed by atoms with E-state index in [1.807, 2.05) is 54.6 Å². The van der Waals surface area contributed by atoms with E-state index in [-0.39, 0.29) is 0 Å². The molecule has 0 atom stereocenters. The maximum atomic E-state index is 5.88. The highest BCUT2D eigenvalue weighted by Gasteiger charge is 2.07. The fraction of sp³-hybridized carbons (Fsp3) is 0.0588. The Morgan fingerprint density at radius 2 is 1.77 bits per heavy atom. The Morgan fingerprint density at radius 3 is 2.55 bits per heavy atom. The lowest BCUT2D eigenvalue weighted by molar-refractivity contribution is 0.416. The number of rotatable bonds is 4. The van der Waals surface area contributed by atoms with Crippen molar-refractivity contribution in [1.29, 1.82) is 0 Å². The summed E-state index contributed by atoms with van der Waals surface area (Å²) in [5.41, 5.74) is 2.59. The molecule has 0 aliphatic carbocycles. The molecule has 1 heterocycles. The van der Waals surface area contributed by atoms with E-state index < -0.39 is 0 Å². The van der Waals surface area contributed by atoms with Crippen molar-refractivity contribution in [3.63, 3.8) is 0 Å². The molecule has 110 valence electrons. The molecule has 3 rings (SSSR count). The van der Waals surface area contributed by atoms with E-state index in [1.54, 1.807) is 13.3 Å². The zero-order valence-electron chi connectivity index (χ0n) is 12.0. The first-order chi connectivity index (χ1) is 10.8. The van der Waals surface area contributed by atoms with Gasteiger partial charge in [-0.3, -0.25) is 0 Å². The number of hydrogen-bond acceptors (Lipinski definition) is 4. The van der Waals surface area contributed by atoms with Gasteiger partial charge < -0.3 is 10.1 Å². The summed E-state index contributed by atoms with van der Waals surface area (Å²) in [7, 11) is 1.65. The van der Waals surface area contributed by atoms with Crippen LogP contribution in [0.2, 0.25) is 5.02 Å². The van der Waals surface area contributed by atoms with Crippen molar-refractivity contribution in [2.45, 2.75) is 0 Å². The van der Waals surface area contributed by atoms with Gasteiger partial charge in [-0.2, -0.15) is 0 Å². The standard InChI is InChI=1S/C17H14ClN3O/c1-22-16-5-3-2-4-14(16)15-10-11-19-17(21-15)20-13-8-6-12(18)7-9-13/h2-11H,1H3,(H,19,20,21). The highest BCUT2D eigenvalue weighted by molar-refractivity contribution is 6.30. The van der Waals surface area contributed by atoms with Crippen LogP contribution in [-0.4, -0.2) is 17.1 Å². The first-order valence-electron chi connectivity index (χ1n) is 6.75. The van der Waals surface area contributed by atoms with Crippen molar-refractivity contribution < 1.29 is 4.74 Å². The summed E-state index contributed by atoms with van der Waals surface area (Å²) in [6, 6.07) is 17.0. The fourth-order valence-corrected chi connectivity index (χ4v) is 2.21. The van der Waals surface area contributed by atoms with Crippen molar-refractivity contribution >= 4 is 23.2 Å². The molecule has 0 bridgehead atoms. The van der Waals surface area contributed by atoms with E-state index >= 15 is 0 Å². The second-order valence-electron chi connectivity index (χ2n) is 4.60. The van der Waals surface area contributed by atoms with Crippen molar-refractivity contribution in [1.82, 2.24) is 9.97 Å². The van der Waals surface area contributed by atoms with E-state index in [9.17, 15) is 0 Å². The molecule has 22 heavy (non-hydrogen) atoms. The van der Waals surface area contributed by atoms with Gasteiger partial charge in [-0.1, -0.05) is 23.7 Å². The molecule has 0 saturated heterocycles. The Bertz CT molecular complexity index is 775. The first-order valence-corrected chi connectivity index (χ1v) is 7.13. The predicted octanol–water partition coefficient (Wildman–Crippen LogP) is 4.55. The van der Waals surface area contributed by atoms with Gasteiger partial charge in [0, 0.05) is 22.5 Å². The van der Waals surface area contributed by atoms with Crippen LogP contribution in [0.4, 0.5) is 11.6 Å². The van der Waals surface area contributed by atoms with Crippen molar-refractivity contribution in [2.24, 2.45) is 0 Å². The van der Waals surface area contributed by atoms with Crippen LogP contribution in [-0.2, 0) is 0 Å². The average Bonchev–Trinajstić information content (AvgIpc) is 2.57. The number of nitrogens with one attached hydrogen (secondary N) is 1. The Labute approximate surface area is 133 Å². The minimum atomic E-state index is 0.519. The summed E-state index contributed by atoms with van der Waals surface area (Å²) in [6.07, 6.45) is 1.72. The van der Waals surface area contributed by atoms with Crippen LogP contribution in [0.25, 0.3) is 11.3 Å². The molecule has 5 heteroatoms. The molecule has 3 aromatic rings. The van der Waals surface area contributed by atoms with Gasteiger partial charge in [0.2, 0.25) is 5.95 Å². The summed E-state index contributed by atoms with van der Waals surface area (Å²) >= 11 is 5.88. The summed E-state index contributed by atoms with van der Waals surface area (Å²) < 4.78 is 5.38. The molecule has 1 N–H and O–H groups in total. The lowest BCUT2D eigenvalue weighted by Gasteiger charge is -2.09. The number of para-hydroxylation sites is 1. The van der Waals surface area contributed by atoms with E-state index in [1.165, 1.54) is 0 Å². The van der Waals surface area contributed by atoms with Crippen molar-refractivity contribution in [3.8, 4) is 17.0 Å². The Kier molecular flexibility index (Phi) is 4.21. The molecule has 0 amide bonds. The van der Waals surface area contributed by atoms with Crippen LogP contribution < -0.4 is 10.1 Å². The first kappa shape index (κ1) is 14.4. The van der Waals surface area contributed by atoms with Gasteiger partial charge in [0.25, 0.3) is 0 Å². The molecule has 2 aromatic carbocycles. The van der Waals surface area contributed by atoms with Gasteiger partial charge in [0.1, 0.15) is 5.75 Å². The maximum absolute atomic E-state index is 5.88. The van der Waals surface area contributed by atoms with Crippen LogP contribution in [0.1, 0.15) is 0 Å². The number of methoxy groups -OCH3 is 1. The van der Waals surface area contributed by atoms with E-state index in [2.05, 4.69) is 15.3 Å². The second kappa shape index (κ2) is 6.45. The SMILES string of the molecule is COc1ccccc1-c1ccnc(Nc2ccc(Cl)cc2)n1. The summed E-state index contributed by atoms with van der Waals surface area (Å²) in [5, 5.41) is 3.85. The van der Waals surface area contributed by atoms with Crippen LogP contribution in [0.15, 0.2) is 60.8 Å². The molecule has 0 aliphatic heterocycles. The monoisotopic (exact) mass is 311 g/mol. The van der Waals surface area contributed by atoms with Crippen LogP contribution in [0.3, 0.4) is 0 Å². The fourth-order valence-electron chi connectivity index (χ4n) is 2.09. The smallest absolute Gasteiger partial charge is 0.227 e. The second-order valence-corrected chi connectivity index (χ2v) is 5.03. The average molecular weight is 312 g/mol. The number of ether oxygens (including phenoxy) is 1. The molecule has 0 spiro atoms. The molecule has 0 aliphatic rings. The molecule has 0 radical (unpaired) electrons. The minimum Gasteiger partial charge on any atom is -0.496 e. The number of halogens is 1. The number of anilines is 2. The van der Waals surface area contributed by atoms with Gasteiger partial charge in [-0.15, -0.1) is 0 Å². The highest BCUT2D eigenvalue weighted by atomic mass is 35.5. The van der Waals surface area contributed by atoms with Crippen LogP contribution >= 0.6 is 11.6 Å². The number of aromatic nitrogens is 2. The number of benzene rings is 2. The van der Waals surface area contributed by atoms with Gasteiger partial charge in [-0.05, 0) is 42.5 Å². The van der Waals surface area contributed by atoms with E-state index in [0.717, 1.165) is 22.7 Å². The summed E-state index contributed by atoms with van der Waals surface area (Å²) in [5.74, 6) is 1.30. The lowest BCUT2D eigenvalue weighted by atomic mass is 10.1. The Morgan fingerprint density at radius 1 is 1.00 bits per heavy atom.